The first kappa shape index (κ1) is 19.1. The Kier molecular flexibility index (Phi) is 117. The molecule has 0 amide bonds. The maximum absolute atomic E-state index is 3.25. The van der Waals surface area contributed by atoms with Gasteiger partial charge in [0.1, 0.15) is 0 Å². The van der Waals surface area contributed by atoms with Crippen LogP contribution in [0.25, 0.3) is 0 Å². The number of hydrogen-bond donors (Lipinski definition) is 1. The molecule has 2 heteroatoms. The average molecular weight is 65.0 g/mol. The van der Waals surface area contributed by atoms with Gasteiger partial charge in [0.15, 0.2) is 0 Å². The monoisotopic (exact) mass is 65.1 g/mol. The summed E-state index contributed by atoms with van der Waals surface area (Å²) in [5.41, 5.74) is 0. The van der Waals surface area contributed by atoms with Crippen LogP contribution in [-0.2, 0) is 0 Å². The molecular weight excluding hydrogens is 57.0 g/mol. The molecule has 0 aromatic rings. The fraction of sp³-hybridized carbons (Fsp3) is 0. The summed E-state index contributed by atoms with van der Waals surface area (Å²) < 4.78 is 0. The maximum Gasteiger partial charge on any atom is 1.00 e. The Labute approximate surface area is 45.2 Å². The second kappa shape index (κ2) is 30.7. The van der Waals surface area contributed by atoms with E-state index in [9.17, 15) is 0 Å². The predicted octanol–water partition coefficient (Wildman–Crippen LogP) is -1.83. The molecule has 0 radical (unpaired) electrons. The van der Waals surface area contributed by atoms with Crippen LogP contribution in [-0.4, -0.2) is 0 Å². The molecule has 0 unspecified atom stereocenters. The molecule has 26 valence electrons. The number of allylic oxidation sites excluding steroid dienone is 1. The molecular formula is C3H8LiN. The molecule has 0 aromatic carbocycles. The van der Waals surface area contributed by atoms with Gasteiger partial charge in [0.05, 0.1) is 0 Å². The topological polar surface area (TPSA) is 35.0 Å². The van der Waals surface area contributed by atoms with Crippen molar-refractivity contribution in [3.63, 3.8) is 0 Å². The van der Waals surface area contributed by atoms with E-state index in [-0.39, 0.29) is 25.0 Å². The second-order valence-corrected chi connectivity index (χ2v) is 0.289. The first-order valence-corrected chi connectivity index (χ1v) is 0.816. The van der Waals surface area contributed by atoms with Gasteiger partial charge in [-0.25, -0.2) is 19.6 Å². The molecule has 3 N–H and O–H groups in total. The van der Waals surface area contributed by atoms with Gasteiger partial charge in [-0.05, 0) is 0 Å². The largest absolute Gasteiger partial charge is 1.00 e. The van der Waals surface area contributed by atoms with Crippen molar-refractivity contribution in [2.75, 3.05) is 0 Å². The second-order valence-electron chi connectivity index (χ2n) is 0.289. The van der Waals surface area contributed by atoms with E-state index in [1.54, 1.807) is 0 Å². The Bertz CT molecular complexity index is 14.4. The van der Waals surface area contributed by atoms with Gasteiger partial charge in [0.25, 0.3) is 0 Å². The fourth-order valence-corrected chi connectivity index (χ4v) is 0. The van der Waals surface area contributed by atoms with E-state index in [4.69, 9.17) is 0 Å². The summed E-state index contributed by atoms with van der Waals surface area (Å²) in [5.74, 6) is 0. The first-order chi connectivity index (χ1) is 1.41. The molecule has 0 fully saturated rings. The molecule has 0 saturated heterocycles. The van der Waals surface area contributed by atoms with Crippen LogP contribution in [0.1, 0.15) is 0 Å². The number of hydrogen-bond acceptors (Lipinski definition) is 1. The van der Waals surface area contributed by atoms with E-state index in [1.807, 2.05) is 0 Å². The summed E-state index contributed by atoms with van der Waals surface area (Å²) in [4.78, 5) is 0. The van der Waals surface area contributed by atoms with Crippen LogP contribution in [0.5, 0.6) is 0 Å². The van der Waals surface area contributed by atoms with Gasteiger partial charge in [0.2, 0.25) is 0 Å². The molecule has 0 saturated carbocycles. The minimum absolute atomic E-state index is 0. The minimum atomic E-state index is 0. The molecule has 0 rings (SSSR count). The zero-order chi connectivity index (χ0) is 2.71. The Hall–Kier alpha value is 0.167. The van der Waals surface area contributed by atoms with Gasteiger partial charge in [-0.3, -0.25) is 0 Å². The van der Waals surface area contributed by atoms with E-state index in [0.717, 1.165) is 0 Å². The van der Waals surface area contributed by atoms with Crippen molar-refractivity contribution in [2.24, 2.45) is 0 Å². The van der Waals surface area contributed by atoms with Crippen molar-refractivity contribution in [3.05, 3.63) is 19.6 Å². The Balaban J connectivity index is -0.0000000200. The van der Waals surface area contributed by atoms with E-state index in [2.05, 4.69) is 13.5 Å². The minimum Gasteiger partial charge on any atom is -0.344 e. The maximum atomic E-state index is 3.25. The third kappa shape index (κ3) is 699. The third-order valence-electron chi connectivity index (χ3n) is 0. The molecule has 0 aromatic heterocycles. The number of rotatable bonds is 0. The summed E-state index contributed by atoms with van der Waals surface area (Å²) in [5, 5.41) is 0. The molecule has 0 heterocycles. The molecule has 5 heavy (non-hydrogen) atoms. The van der Waals surface area contributed by atoms with Crippen molar-refractivity contribution in [3.8, 4) is 0 Å². The summed E-state index contributed by atoms with van der Waals surface area (Å²) >= 11 is 0. The van der Waals surface area contributed by atoms with Crippen molar-refractivity contribution in [2.45, 2.75) is 0 Å². The van der Waals surface area contributed by atoms with Gasteiger partial charge < -0.3 is 6.15 Å². The van der Waals surface area contributed by atoms with E-state index in [0.29, 0.717) is 0 Å². The van der Waals surface area contributed by atoms with Gasteiger partial charge in [0, 0.05) is 0 Å². The molecule has 0 bridgehead atoms. The molecule has 1 nitrogen and oxygen atoms in total. The van der Waals surface area contributed by atoms with Crippen molar-refractivity contribution >= 4 is 0 Å². The van der Waals surface area contributed by atoms with Crippen LogP contribution in [0.4, 0.5) is 0 Å². The van der Waals surface area contributed by atoms with Gasteiger partial charge in [-0.1, -0.05) is 0 Å². The van der Waals surface area contributed by atoms with Crippen molar-refractivity contribution in [1.82, 2.24) is 6.15 Å². The molecule has 0 atom stereocenters. The van der Waals surface area contributed by atoms with Crippen LogP contribution in [0, 0.1) is 6.92 Å². The summed E-state index contributed by atoms with van der Waals surface area (Å²) in [6.45, 7) is 6.50. The molecule has 0 aliphatic carbocycles. The average Bonchev–Trinajstić information content (AvgIpc) is 0.918. The third-order valence-corrected chi connectivity index (χ3v) is 0. The standard InChI is InChI=1S/C3H5.Li.H3N/c1-3-2;;/h3H,1-2H2;;1H3/q-1;+1;. The SMILES string of the molecule is C=C[CH2-].N.[Li+]. The Morgan fingerprint density at radius 3 is 1.60 bits per heavy atom. The van der Waals surface area contributed by atoms with Crippen molar-refractivity contribution < 1.29 is 18.9 Å². The van der Waals surface area contributed by atoms with Gasteiger partial charge in [-0.15, -0.1) is 0 Å². The van der Waals surface area contributed by atoms with Crippen LogP contribution >= 0.6 is 0 Å². The zero-order valence-corrected chi connectivity index (χ0v) is 3.70. The van der Waals surface area contributed by atoms with E-state index >= 15 is 0 Å². The smallest absolute Gasteiger partial charge is 0.344 e. The summed E-state index contributed by atoms with van der Waals surface area (Å²) in [7, 11) is 0. The first-order valence-electron chi connectivity index (χ1n) is 0.816. The van der Waals surface area contributed by atoms with Crippen LogP contribution in [0.3, 0.4) is 0 Å². The van der Waals surface area contributed by atoms with E-state index < -0.39 is 0 Å². The molecule has 0 spiro atoms. The summed E-state index contributed by atoms with van der Waals surface area (Å²) in [6, 6.07) is 0. The fourth-order valence-electron chi connectivity index (χ4n) is 0. The van der Waals surface area contributed by atoms with Crippen molar-refractivity contribution in [1.29, 1.82) is 0 Å². The predicted molar refractivity (Wildman–Crippen MR) is 20.6 cm³/mol. The zero-order valence-electron chi connectivity index (χ0n) is 3.70. The summed E-state index contributed by atoms with van der Waals surface area (Å²) in [6.07, 6.45) is 1.50. The van der Waals surface area contributed by atoms with E-state index in [1.165, 1.54) is 6.08 Å². The quantitative estimate of drug-likeness (QED) is 0.261. The van der Waals surface area contributed by atoms with Crippen LogP contribution in [0.2, 0.25) is 0 Å². The Morgan fingerprint density at radius 2 is 1.60 bits per heavy atom. The Morgan fingerprint density at radius 1 is 1.60 bits per heavy atom. The normalized spacial score (nSPS) is 2.40. The van der Waals surface area contributed by atoms with Gasteiger partial charge in [-0.2, -0.15) is 0 Å². The van der Waals surface area contributed by atoms with Crippen LogP contribution < -0.4 is 25.0 Å². The van der Waals surface area contributed by atoms with Crippen LogP contribution in [0.15, 0.2) is 12.7 Å². The molecule has 0 aliphatic rings. The molecule has 0 aliphatic heterocycles. The van der Waals surface area contributed by atoms with Gasteiger partial charge >= 0.3 is 18.9 Å².